The van der Waals surface area contributed by atoms with Gasteiger partial charge in [0.25, 0.3) is 0 Å². The Morgan fingerprint density at radius 1 is 1.35 bits per heavy atom. The minimum absolute atomic E-state index is 0.553. The van der Waals surface area contributed by atoms with Crippen LogP contribution in [0.2, 0.25) is 0 Å². The highest BCUT2D eigenvalue weighted by Crippen LogP contribution is 2.20. The predicted molar refractivity (Wildman–Crippen MR) is 81.7 cm³/mol. The molecule has 0 aliphatic carbocycles. The van der Waals surface area contributed by atoms with Gasteiger partial charge in [0.1, 0.15) is 5.65 Å². The second kappa shape index (κ2) is 5.94. The zero-order valence-corrected chi connectivity index (χ0v) is 12.3. The lowest BCUT2D eigenvalue weighted by Crippen LogP contribution is -2.40. The molecular weight excluding hydrogens is 248 g/mol. The normalized spacial score (nSPS) is 20.6. The van der Waals surface area contributed by atoms with Crippen molar-refractivity contribution in [1.82, 2.24) is 14.3 Å². The van der Waals surface area contributed by atoms with Crippen LogP contribution in [0.25, 0.3) is 5.65 Å². The highest BCUT2D eigenvalue weighted by atomic mass is 15.2. The van der Waals surface area contributed by atoms with Crippen LogP contribution in [-0.4, -0.2) is 33.4 Å². The van der Waals surface area contributed by atoms with E-state index in [-0.39, 0.29) is 0 Å². The molecular formula is C16H24N4. The number of aromatic nitrogens is 2. The summed E-state index contributed by atoms with van der Waals surface area (Å²) in [7, 11) is 0. The molecule has 20 heavy (non-hydrogen) atoms. The summed E-state index contributed by atoms with van der Waals surface area (Å²) in [5.74, 6) is 0. The Morgan fingerprint density at radius 2 is 2.25 bits per heavy atom. The van der Waals surface area contributed by atoms with Gasteiger partial charge in [0, 0.05) is 30.9 Å². The number of piperidine rings is 1. The third-order valence-electron chi connectivity index (χ3n) is 4.44. The Morgan fingerprint density at radius 3 is 3.05 bits per heavy atom. The second-order valence-electron chi connectivity index (χ2n) is 5.66. The van der Waals surface area contributed by atoms with Crippen LogP contribution in [0.4, 0.5) is 0 Å². The topological polar surface area (TPSA) is 46.6 Å². The molecule has 0 amide bonds. The number of pyridine rings is 1. The Bertz CT molecular complexity index is 575. The molecule has 1 saturated heterocycles. The van der Waals surface area contributed by atoms with Gasteiger partial charge in [0.2, 0.25) is 0 Å². The fourth-order valence-electron chi connectivity index (χ4n) is 3.33. The van der Waals surface area contributed by atoms with E-state index in [1.807, 2.05) is 6.07 Å². The van der Waals surface area contributed by atoms with Crippen LogP contribution >= 0.6 is 0 Å². The van der Waals surface area contributed by atoms with Crippen molar-refractivity contribution in [3.05, 3.63) is 35.8 Å². The van der Waals surface area contributed by atoms with Gasteiger partial charge in [-0.25, -0.2) is 4.98 Å². The highest BCUT2D eigenvalue weighted by molar-refractivity contribution is 5.42. The molecule has 0 saturated carbocycles. The summed E-state index contributed by atoms with van der Waals surface area (Å²) in [5, 5.41) is 0. The van der Waals surface area contributed by atoms with Crippen molar-refractivity contribution in [2.24, 2.45) is 5.73 Å². The fourth-order valence-corrected chi connectivity index (χ4v) is 3.33. The first-order valence-corrected chi connectivity index (χ1v) is 7.71. The summed E-state index contributed by atoms with van der Waals surface area (Å²) in [4.78, 5) is 7.36. The lowest BCUT2D eigenvalue weighted by atomic mass is 9.98. The van der Waals surface area contributed by atoms with Gasteiger partial charge in [0.15, 0.2) is 0 Å². The Balaban J connectivity index is 1.83. The number of hydrogen-bond acceptors (Lipinski definition) is 3. The summed E-state index contributed by atoms with van der Waals surface area (Å²) < 4.78 is 2.13. The standard InChI is InChI=1S/C16H24N4/c1-2-19-9-4-3-6-14(19)10-13-12-20-15(11-17)7-5-8-16(20)18-13/h5,7-8,12,14H,2-4,6,9-11,17H2,1H3. The minimum Gasteiger partial charge on any atom is -0.325 e. The van der Waals surface area contributed by atoms with Gasteiger partial charge in [0.05, 0.1) is 5.69 Å². The molecule has 2 aromatic heterocycles. The average molecular weight is 272 g/mol. The number of hydrogen-bond donors (Lipinski definition) is 1. The van der Waals surface area contributed by atoms with Crippen molar-refractivity contribution >= 4 is 5.65 Å². The maximum Gasteiger partial charge on any atom is 0.137 e. The number of fused-ring (bicyclic) bond motifs is 1. The van der Waals surface area contributed by atoms with Crippen LogP contribution in [0.3, 0.4) is 0 Å². The minimum atomic E-state index is 0.553. The number of rotatable bonds is 4. The molecule has 1 unspecified atom stereocenters. The van der Waals surface area contributed by atoms with Crippen molar-refractivity contribution in [3.63, 3.8) is 0 Å². The van der Waals surface area contributed by atoms with E-state index in [0.29, 0.717) is 12.6 Å². The van der Waals surface area contributed by atoms with Crippen LogP contribution in [0.5, 0.6) is 0 Å². The van der Waals surface area contributed by atoms with Crippen molar-refractivity contribution in [1.29, 1.82) is 0 Å². The van der Waals surface area contributed by atoms with E-state index >= 15 is 0 Å². The van der Waals surface area contributed by atoms with Gasteiger partial charge >= 0.3 is 0 Å². The number of nitrogens with zero attached hydrogens (tertiary/aromatic N) is 3. The fraction of sp³-hybridized carbons (Fsp3) is 0.562. The molecule has 3 rings (SSSR count). The monoisotopic (exact) mass is 272 g/mol. The van der Waals surface area contributed by atoms with Gasteiger partial charge in [-0.1, -0.05) is 19.4 Å². The van der Waals surface area contributed by atoms with Gasteiger partial charge in [-0.2, -0.15) is 0 Å². The van der Waals surface area contributed by atoms with Crippen molar-refractivity contribution in [2.75, 3.05) is 13.1 Å². The highest BCUT2D eigenvalue weighted by Gasteiger charge is 2.22. The lowest BCUT2D eigenvalue weighted by Gasteiger charge is -2.34. The maximum atomic E-state index is 5.80. The van der Waals surface area contributed by atoms with Gasteiger partial charge in [-0.3, -0.25) is 0 Å². The molecule has 2 aromatic rings. The molecule has 1 aliphatic heterocycles. The van der Waals surface area contributed by atoms with Crippen LogP contribution in [0, 0.1) is 0 Å². The molecule has 0 radical (unpaired) electrons. The van der Waals surface area contributed by atoms with E-state index in [2.05, 4.69) is 34.6 Å². The van der Waals surface area contributed by atoms with Crippen molar-refractivity contribution < 1.29 is 0 Å². The van der Waals surface area contributed by atoms with Crippen molar-refractivity contribution in [3.8, 4) is 0 Å². The van der Waals surface area contributed by atoms with Gasteiger partial charge in [-0.05, 0) is 38.1 Å². The first kappa shape index (κ1) is 13.6. The predicted octanol–water partition coefficient (Wildman–Crippen LogP) is 2.21. The molecule has 0 spiro atoms. The smallest absolute Gasteiger partial charge is 0.137 e. The molecule has 1 atom stereocenters. The molecule has 1 fully saturated rings. The number of imidazole rings is 1. The Hall–Kier alpha value is -1.39. The van der Waals surface area contributed by atoms with Crippen LogP contribution < -0.4 is 5.73 Å². The van der Waals surface area contributed by atoms with Gasteiger partial charge in [-0.15, -0.1) is 0 Å². The van der Waals surface area contributed by atoms with Gasteiger partial charge < -0.3 is 15.0 Å². The molecule has 0 aromatic carbocycles. The first-order valence-electron chi connectivity index (χ1n) is 7.71. The number of likely N-dealkylation sites (tertiary alicyclic amines) is 1. The summed E-state index contributed by atoms with van der Waals surface area (Å²) in [6, 6.07) is 6.81. The van der Waals surface area contributed by atoms with Crippen LogP contribution in [0.1, 0.15) is 37.6 Å². The largest absolute Gasteiger partial charge is 0.325 e. The van der Waals surface area contributed by atoms with E-state index in [9.17, 15) is 0 Å². The second-order valence-corrected chi connectivity index (χ2v) is 5.66. The maximum absolute atomic E-state index is 5.80. The van der Waals surface area contributed by atoms with E-state index in [1.54, 1.807) is 0 Å². The molecule has 0 bridgehead atoms. The van der Waals surface area contributed by atoms with Crippen LogP contribution in [-0.2, 0) is 13.0 Å². The van der Waals surface area contributed by atoms with E-state index < -0.39 is 0 Å². The molecule has 108 valence electrons. The Kier molecular flexibility index (Phi) is 4.03. The Labute approximate surface area is 120 Å². The molecule has 2 N–H and O–H groups in total. The number of nitrogens with two attached hydrogens (primary N) is 1. The van der Waals surface area contributed by atoms with E-state index in [4.69, 9.17) is 10.7 Å². The van der Waals surface area contributed by atoms with E-state index in [1.165, 1.54) is 31.5 Å². The third-order valence-corrected chi connectivity index (χ3v) is 4.44. The summed E-state index contributed by atoms with van der Waals surface area (Å²) in [6.07, 6.45) is 7.21. The van der Waals surface area contributed by atoms with Crippen LogP contribution in [0.15, 0.2) is 24.4 Å². The summed E-state index contributed by atoms with van der Waals surface area (Å²) >= 11 is 0. The molecule has 3 heterocycles. The lowest BCUT2D eigenvalue weighted by molar-refractivity contribution is 0.155. The van der Waals surface area contributed by atoms with Crippen molar-refractivity contribution in [2.45, 2.75) is 45.2 Å². The zero-order chi connectivity index (χ0) is 13.9. The number of likely N-dealkylation sites (N-methyl/N-ethyl adjacent to an activating group) is 1. The average Bonchev–Trinajstić information content (AvgIpc) is 2.90. The quantitative estimate of drug-likeness (QED) is 0.928. The molecule has 4 nitrogen and oxygen atoms in total. The molecule has 4 heteroatoms. The first-order chi connectivity index (χ1) is 9.81. The third kappa shape index (κ3) is 2.58. The summed E-state index contributed by atoms with van der Waals surface area (Å²) in [5.41, 5.74) is 9.13. The zero-order valence-electron chi connectivity index (χ0n) is 12.3. The van der Waals surface area contributed by atoms with E-state index in [0.717, 1.165) is 24.3 Å². The summed E-state index contributed by atoms with van der Waals surface area (Å²) in [6.45, 7) is 5.20. The molecule has 1 aliphatic rings. The SMILES string of the molecule is CCN1CCCCC1Cc1cn2c(CN)cccc2n1.